The van der Waals surface area contributed by atoms with E-state index in [0.717, 1.165) is 31.3 Å². The molecule has 4 rings (SSSR count). The van der Waals surface area contributed by atoms with Gasteiger partial charge in [0.1, 0.15) is 5.75 Å². The Morgan fingerprint density at radius 2 is 2.00 bits per heavy atom. The highest BCUT2D eigenvalue weighted by molar-refractivity contribution is 7.20. The van der Waals surface area contributed by atoms with Gasteiger partial charge in [-0.15, -0.1) is 18.3 Å². The second-order valence-corrected chi connectivity index (χ2v) is 7.61. The van der Waals surface area contributed by atoms with Crippen molar-refractivity contribution in [3.8, 4) is 17.0 Å². The first-order valence-corrected chi connectivity index (χ1v) is 9.96. The van der Waals surface area contributed by atoms with Crippen molar-refractivity contribution in [1.82, 2.24) is 19.5 Å². The van der Waals surface area contributed by atoms with E-state index in [0.29, 0.717) is 16.2 Å². The van der Waals surface area contributed by atoms with Crippen molar-refractivity contribution < 1.29 is 17.9 Å². The number of aromatic nitrogens is 3. The molecule has 0 saturated carbocycles. The van der Waals surface area contributed by atoms with E-state index in [9.17, 15) is 13.2 Å². The van der Waals surface area contributed by atoms with Crippen LogP contribution in [0.1, 0.15) is 19.3 Å². The molecule has 0 unspecified atom stereocenters. The zero-order chi connectivity index (χ0) is 19.6. The Morgan fingerprint density at radius 3 is 2.79 bits per heavy atom. The summed E-state index contributed by atoms with van der Waals surface area (Å²) in [5.41, 5.74) is 1.17. The Labute approximate surface area is 163 Å². The highest BCUT2D eigenvalue weighted by Crippen LogP contribution is 2.30. The van der Waals surface area contributed by atoms with E-state index in [1.165, 1.54) is 48.8 Å². The molecule has 150 valence electrons. The zero-order valence-electron chi connectivity index (χ0n) is 15.1. The summed E-state index contributed by atoms with van der Waals surface area (Å²) in [4.78, 5) is 7.44. The number of nitrogens with one attached hydrogen (secondary N) is 1. The fraction of sp³-hybridized carbons (Fsp3) is 0.444. The number of benzene rings is 1. The van der Waals surface area contributed by atoms with Crippen molar-refractivity contribution in [2.45, 2.75) is 25.6 Å². The van der Waals surface area contributed by atoms with Crippen molar-refractivity contribution in [3.05, 3.63) is 30.5 Å². The molecule has 1 aromatic carbocycles. The van der Waals surface area contributed by atoms with Crippen LogP contribution >= 0.6 is 11.3 Å². The van der Waals surface area contributed by atoms with Gasteiger partial charge in [-0.25, -0.2) is 9.50 Å². The van der Waals surface area contributed by atoms with E-state index in [4.69, 9.17) is 0 Å². The maximum Gasteiger partial charge on any atom is 0.573 e. The maximum absolute atomic E-state index is 12.5. The monoisotopic (exact) mass is 411 g/mol. The van der Waals surface area contributed by atoms with Gasteiger partial charge in [0.25, 0.3) is 0 Å². The van der Waals surface area contributed by atoms with E-state index in [-0.39, 0.29) is 5.75 Å². The number of nitrogens with zero attached hydrogens (tertiary/aromatic N) is 4. The Hall–Kier alpha value is -2.33. The summed E-state index contributed by atoms with van der Waals surface area (Å²) in [7, 11) is 0. The smallest absolute Gasteiger partial charge is 0.406 e. The topological polar surface area (TPSA) is 54.7 Å². The van der Waals surface area contributed by atoms with Crippen molar-refractivity contribution in [1.29, 1.82) is 0 Å². The van der Waals surface area contributed by atoms with Crippen molar-refractivity contribution in [2.75, 3.05) is 31.5 Å². The second kappa shape index (κ2) is 7.96. The summed E-state index contributed by atoms with van der Waals surface area (Å²) in [6, 6.07) is 5.82. The summed E-state index contributed by atoms with van der Waals surface area (Å²) >= 11 is 1.41. The molecule has 1 aliphatic heterocycles. The second-order valence-electron chi connectivity index (χ2n) is 6.65. The van der Waals surface area contributed by atoms with Gasteiger partial charge < -0.3 is 15.0 Å². The first kappa shape index (κ1) is 19.0. The first-order valence-electron chi connectivity index (χ1n) is 9.15. The number of rotatable bonds is 6. The van der Waals surface area contributed by atoms with Gasteiger partial charge in [0.15, 0.2) is 0 Å². The average Bonchev–Trinajstić information content (AvgIpc) is 3.21. The van der Waals surface area contributed by atoms with E-state index in [2.05, 4.69) is 25.0 Å². The first-order chi connectivity index (χ1) is 13.5. The molecule has 1 fully saturated rings. The van der Waals surface area contributed by atoms with Gasteiger partial charge in [-0.2, -0.15) is 0 Å². The lowest BCUT2D eigenvalue weighted by atomic mass is 10.1. The number of hydrogen-bond donors (Lipinski definition) is 1. The van der Waals surface area contributed by atoms with E-state index in [1.807, 2.05) is 0 Å². The standard InChI is InChI=1S/C18H20F3N5OS/c19-18(20,21)27-14-6-4-5-13(11-14)15-12-23-17-26(15)24-16(28-17)22-7-10-25-8-2-1-3-9-25/h4-6,11-12H,1-3,7-10H2,(H,22,24). The molecule has 3 aromatic rings. The lowest BCUT2D eigenvalue weighted by molar-refractivity contribution is -0.274. The summed E-state index contributed by atoms with van der Waals surface area (Å²) < 4.78 is 43.0. The number of fused-ring (bicyclic) bond motifs is 1. The number of halogens is 3. The minimum Gasteiger partial charge on any atom is -0.406 e. The zero-order valence-corrected chi connectivity index (χ0v) is 15.9. The summed E-state index contributed by atoms with van der Waals surface area (Å²) in [6.45, 7) is 4.04. The van der Waals surface area contributed by atoms with Crippen LogP contribution in [0.25, 0.3) is 16.2 Å². The molecule has 0 radical (unpaired) electrons. The average molecular weight is 411 g/mol. The summed E-state index contributed by atoms with van der Waals surface area (Å²) in [5, 5.41) is 8.58. The number of alkyl halides is 3. The lowest BCUT2D eigenvalue weighted by Crippen LogP contribution is -2.33. The van der Waals surface area contributed by atoms with Crippen LogP contribution in [0.4, 0.5) is 18.3 Å². The molecule has 1 saturated heterocycles. The Balaban J connectivity index is 1.46. The summed E-state index contributed by atoms with van der Waals surface area (Å²) in [6.07, 6.45) is 0.698. The number of ether oxygens (including phenoxy) is 1. The highest BCUT2D eigenvalue weighted by atomic mass is 32.1. The van der Waals surface area contributed by atoms with Crippen LogP contribution in [-0.4, -0.2) is 52.0 Å². The molecular formula is C18H20F3N5OS. The van der Waals surface area contributed by atoms with E-state index < -0.39 is 6.36 Å². The Kier molecular flexibility index (Phi) is 5.40. The number of anilines is 1. The van der Waals surface area contributed by atoms with Crippen LogP contribution < -0.4 is 10.1 Å². The molecule has 0 bridgehead atoms. The number of piperidine rings is 1. The molecule has 6 nitrogen and oxygen atoms in total. The third-order valence-corrected chi connectivity index (χ3v) is 5.48. The Morgan fingerprint density at radius 1 is 1.18 bits per heavy atom. The van der Waals surface area contributed by atoms with Crippen LogP contribution in [0.5, 0.6) is 5.75 Å². The highest BCUT2D eigenvalue weighted by Gasteiger charge is 2.31. The van der Waals surface area contributed by atoms with Gasteiger partial charge in [-0.1, -0.05) is 29.9 Å². The molecule has 3 heterocycles. The van der Waals surface area contributed by atoms with Gasteiger partial charge in [0.05, 0.1) is 11.9 Å². The molecule has 1 N–H and O–H groups in total. The molecule has 0 atom stereocenters. The molecular weight excluding hydrogens is 391 g/mol. The lowest BCUT2D eigenvalue weighted by Gasteiger charge is -2.26. The molecule has 2 aromatic heterocycles. The van der Waals surface area contributed by atoms with Gasteiger partial charge in [-0.05, 0) is 38.1 Å². The predicted molar refractivity (Wildman–Crippen MR) is 102 cm³/mol. The number of hydrogen-bond acceptors (Lipinski definition) is 6. The molecule has 0 amide bonds. The van der Waals surface area contributed by atoms with Crippen LogP contribution in [0.2, 0.25) is 0 Å². The molecule has 10 heteroatoms. The fourth-order valence-electron chi connectivity index (χ4n) is 3.32. The van der Waals surface area contributed by atoms with Crippen molar-refractivity contribution in [2.24, 2.45) is 0 Å². The predicted octanol–water partition coefficient (Wildman–Crippen LogP) is 4.25. The fourth-order valence-corrected chi connectivity index (χ4v) is 4.12. The third kappa shape index (κ3) is 4.56. The largest absolute Gasteiger partial charge is 0.573 e. The van der Waals surface area contributed by atoms with Gasteiger partial charge in [-0.3, -0.25) is 0 Å². The number of likely N-dealkylation sites (tertiary alicyclic amines) is 1. The minimum absolute atomic E-state index is 0.268. The van der Waals surface area contributed by atoms with Crippen LogP contribution in [-0.2, 0) is 0 Å². The van der Waals surface area contributed by atoms with E-state index in [1.54, 1.807) is 16.8 Å². The van der Waals surface area contributed by atoms with Gasteiger partial charge in [0.2, 0.25) is 10.1 Å². The molecule has 28 heavy (non-hydrogen) atoms. The van der Waals surface area contributed by atoms with Crippen molar-refractivity contribution in [3.63, 3.8) is 0 Å². The van der Waals surface area contributed by atoms with Crippen LogP contribution in [0.15, 0.2) is 30.5 Å². The van der Waals surface area contributed by atoms with Crippen LogP contribution in [0.3, 0.4) is 0 Å². The molecule has 0 spiro atoms. The minimum atomic E-state index is -4.72. The maximum atomic E-state index is 12.5. The van der Waals surface area contributed by atoms with Gasteiger partial charge >= 0.3 is 6.36 Å². The van der Waals surface area contributed by atoms with Gasteiger partial charge in [0, 0.05) is 18.7 Å². The Bertz CT molecular complexity index is 933. The normalized spacial score (nSPS) is 15.8. The van der Waals surface area contributed by atoms with Crippen LogP contribution in [0, 0.1) is 0 Å². The SMILES string of the molecule is FC(F)(F)Oc1cccc(-c2cnc3sc(NCCN4CCCCC4)nn23)c1. The van der Waals surface area contributed by atoms with Crippen molar-refractivity contribution >= 4 is 21.4 Å². The molecule has 1 aliphatic rings. The quantitative estimate of drug-likeness (QED) is 0.657. The number of imidazole rings is 1. The summed E-state index contributed by atoms with van der Waals surface area (Å²) in [5.74, 6) is -0.268. The van der Waals surface area contributed by atoms with E-state index >= 15 is 0 Å². The molecule has 0 aliphatic carbocycles. The third-order valence-electron chi connectivity index (χ3n) is 4.60.